The van der Waals surface area contributed by atoms with Crippen molar-refractivity contribution in [2.75, 3.05) is 5.73 Å². The molecule has 0 aliphatic carbocycles. The Morgan fingerprint density at radius 1 is 1.54 bits per heavy atom. The molecular weight excluding hydrogens is 172 g/mol. The highest BCUT2D eigenvalue weighted by Gasteiger charge is 1.99. The summed E-state index contributed by atoms with van der Waals surface area (Å²) < 4.78 is 1.28. The highest BCUT2D eigenvalue weighted by atomic mass is 16.4. The molecule has 1 aromatic rings. The average Bonchev–Trinajstić information content (AvgIpc) is 2.06. The molecule has 5 heteroatoms. The van der Waals surface area contributed by atoms with Gasteiger partial charge in [0.05, 0.1) is 6.42 Å². The van der Waals surface area contributed by atoms with Gasteiger partial charge in [0.1, 0.15) is 0 Å². The average molecular weight is 182 g/mol. The molecule has 0 aromatic carbocycles. The molecule has 0 saturated carbocycles. The van der Waals surface area contributed by atoms with Gasteiger partial charge in [-0.05, 0) is 6.07 Å². The number of hydrogen-bond acceptors (Lipinski definition) is 3. The van der Waals surface area contributed by atoms with Crippen LogP contribution in [0.4, 0.5) is 5.69 Å². The molecule has 0 aliphatic rings. The summed E-state index contributed by atoms with van der Waals surface area (Å²) >= 11 is 0. The van der Waals surface area contributed by atoms with Crippen molar-refractivity contribution in [3.63, 3.8) is 0 Å². The molecule has 0 unspecified atom stereocenters. The molecule has 13 heavy (non-hydrogen) atoms. The van der Waals surface area contributed by atoms with Crippen molar-refractivity contribution in [3.05, 3.63) is 28.7 Å². The van der Waals surface area contributed by atoms with E-state index in [0.717, 1.165) is 0 Å². The van der Waals surface area contributed by atoms with Gasteiger partial charge in [0, 0.05) is 24.5 Å². The zero-order valence-electron chi connectivity index (χ0n) is 6.93. The first kappa shape index (κ1) is 9.31. The van der Waals surface area contributed by atoms with Gasteiger partial charge < -0.3 is 15.4 Å². The second-order valence-electron chi connectivity index (χ2n) is 2.64. The van der Waals surface area contributed by atoms with Crippen molar-refractivity contribution in [2.45, 2.75) is 13.0 Å². The number of nitrogen functional groups attached to an aromatic ring is 1. The van der Waals surface area contributed by atoms with E-state index in [1.165, 1.54) is 22.9 Å². The molecule has 0 radical (unpaired) electrons. The minimum atomic E-state index is -0.936. The molecule has 0 atom stereocenters. The molecule has 0 aliphatic heterocycles. The number of carbonyl (C=O) groups is 1. The van der Waals surface area contributed by atoms with E-state index in [1.807, 2.05) is 0 Å². The Hall–Kier alpha value is -1.78. The predicted molar refractivity (Wildman–Crippen MR) is 47.4 cm³/mol. The zero-order valence-corrected chi connectivity index (χ0v) is 6.93. The number of hydrogen-bond donors (Lipinski definition) is 2. The molecule has 0 fully saturated rings. The smallest absolute Gasteiger partial charge is 0.305 e. The minimum absolute atomic E-state index is 0.0800. The molecular formula is C8H10N2O3. The SMILES string of the molecule is Nc1ccc(=O)n(CCC(=O)O)c1. The maximum Gasteiger partial charge on any atom is 0.305 e. The number of rotatable bonds is 3. The van der Waals surface area contributed by atoms with Gasteiger partial charge in [-0.1, -0.05) is 0 Å². The van der Waals surface area contributed by atoms with Crippen LogP contribution in [0, 0.1) is 0 Å². The third-order valence-electron chi connectivity index (χ3n) is 1.57. The Bertz CT molecular complexity index is 370. The predicted octanol–water partition coefficient (Wildman–Crippen LogP) is -0.0948. The third kappa shape index (κ3) is 2.62. The number of nitrogens with two attached hydrogens (primary N) is 1. The minimum Gasteiger partial charge on any atom is -0.481 e. The van der Waals surface area contributed by atoms with Crippen molar-refractivity contribution in [1.82, 2.24) is 4.57 Å². The standard InChI is InChI=1S/C8H10N2O3/c9-6-1-2-7(11)10(5-6)4-3-8(12)13/h1-2,5H,3-4,9H2,(H,12,13). The number of aryl methyl sites for hydroxylation is 1. The maximum atomic E-state index is 11.1. The Balaban J connectivity index is 2.82. The summed E-state index contributed by atoms with van der Waals surface area (Å²) in [6, 6.07) is 2.80. The summed E-state index contributed by atoms with van der Waals surface area (Å²) in [5.74, 6) is -0.936. The number of nitrogens with zero attached hydrogens (tertiary/aromatic N) is 1. The van der Waals surface area contributed by atoms with Gasteiger partial charge in [0.2, 0.25) is 0 Å². The van der Waals surface area contributed by atoms with Crippen molar-refractivity contribution >= 4 is 11.7 Å². The fourth-order valence-corrected chi connectivity index (χ4v) is 0.941. The van der Waals surface area contributed by atoms with Crippen LogP contribution in [0.25, 0.3) is 0 Å². The lowest BCUT2D eigenvalue weighted by molar-refractivity contribution is -0.137. The summed E-state index contributed by atoms with van der Waals surface area (Å²) in [5, 5.41) is 8.39. The van der Waals surface area contributed by atoms with Crippen molar-refractivity contribution in [1.29, 1.82) is 0 Å². The molecule has 5 nitrogen and oxygen atoms in total. The summed E-state index contributed by atoms with van der Waals surface area (Å²) in [6.45, 7) is 0.152. The molecule has 1 aromatic heterocycles. The van der Waals surface area contributed by atoms with Gasteiger partial charge in [-0.3, -0.25) is 9.59 Å². The van der Waals surface area contributed by atoms with E-state index in [9.17, 15) is 9.59 Å². The molecule has 3 N–H and O–H groups in total. The number of anilines is 1. The van der Waals surface area contributed by atoms with E-state index in [-0.39, 0.29) is 18.5 Å². The third-order valence-corrected chi connectivity index (χ3v) is 1.57. The first-order valence-electron chi connectivity index (χ1n) is 3.77. The van der Waals surface area contributed by atoms with Crippen LogP contribution in [0.1, 0.15) is 6.42 Å². The van der Waals surface area contributed by atoms with Crippen molar-refractivity contribution in [3.8, 4) is 0 Å². The quantitative estimate of drug-likeness (QED) is 0.683. The lowest BCUT2D eigenvalue weighted by Crippen LogP contribution is -2.20. The van der Waals surface area contributed by atoms with Crippen molar-refractivity contribution in [2.24, 2.45) is 0 Å². The first-order valence-corrected chi connectivity index (χ1v) is 3.77. The van der Waals surface area contributed by atoms with Crippen LogP contribution in [-0.2, 0) is 11.3 Å². The van der Waals surface area contributed by atoms with Gasteiger partial charge in [-0.25, -0.2) is 0 Å². The molecule has 0 amide bonds. The van der Waals surface area contributed by atoms with Gasteiger partial charge in [-0.2, -0.15) is 0 Å². The van der Waals surface area contributed by atoms with Crippen LogP contribution >= 0.6 is 0 Å². The normalized spacial score (nSPS) is 9.85. The summed E-state index contributed by atoms with van der Waals surface area (Å²) in [7, 11) is 0. The van der Waals surface area contributed by atoms with Gasteiger partial charge in [0.15, 0.2) is 0 Å². The van der Waals surface area contributed by atoms with Crippen LogP contribution in [0.15, 0.2) is 23.1 Å². The fraction of sp³-hybridized carbons (Fsp3) is 0.250. The van der Waals surface area contributed by atoms with E-state index in [0.29, 0.717) is 5.69 Å². The van der Waals surface area contributed by atoms with E-state index in [4.69, 9.17) is 10.8 Å². The molecule has 70 valence electrons. The highest BCUT2D eigenvalue weighted by Crippen LogP contribution is 1.96. The maximum absolute atomic E-state index is 11.1. The lowest BCUT2D eigenvalue weighted by atomic mass is 10.4. The Labute approximate surface area is 74.4 Å². The zero-order chi connectivity index (χ0) is 9.84. The summed E-state index contributed by atoms with van der Waals surface area (Å²) in [6.07, 6.45) is 1.36. The topological polar surface area (TPSA) is 85.3 Å². The first-order chi connectivity index (χ1) is 6.09. The summed E-state index contributed by atoms with van der Waals surface area (Å²) in [4.78, 5) is 21.3. The van der Waals surface area contributed by atoms with Gasteiger partial charge in [0.25, 0.3) is 5.56 Å². The Morgan fingerprint density at radius 3 is 2.85 bits per heavy atom. The number of carboxylic acids is 1. The lowest BCUT2D eigenvalue weighted by Gasteiger charge is -2.03. The molecule has 1 rings (SSSR count). The second-order valence-corrected chi connectivity index (χ2v) is 2.64. The number of aliphatic carboxylic acids is 1. The van der Waals surface area contributed by atoms with Gasteiger partial charge >= 0.3 is 5.97 Å². The van der Waals surface area contributed by atoms with Gasteiger partial charge in [-0.15, -0.1) is 0 Å². The molecule has 0 saturated heterocycles. The van der Waals surface area contributed by atoms with Crippen LogP contribution in [0.3, 0.4) is 0 Å². The number of aromatic nitrogens is 1. The van der Waals surface area contributed by atoms with E-state index in [2.05, 4.69) is 0 Å². The van der Waals surface area contributed by atoms with Crippen LogP contribution in [0.2, 0.25) is 0 Å². The van der Waals surface area contributed by atoms with Crippen molar-refractivity contribution < 1.29 is 9.90 Å². The van der Waals surface area contributed by atoms with Crippen LogP contribution < -0.4 is 11.3 Å². The Kier molecular flexibility index (Phi) is 2.69. The monoisotopic (exact) mass is 182 g/mol. The fourth-order valence-electron chi connectivity index (χ4n) is 0.941. The largest absolute Gasteiger partial charge is 0.481 e. The van der Waals surface area contributed by atoms with Crippen LogP contribution in [-0.4, -0.2) is 15.6 Å². The number of carboxylic acid groups (broad SMARTS) is 1. The van der Waals surface area contributed by atoms with E-state index < -0.39 is 5.97 Å². The molecule has 0 bridgehead atoms. The summed E-state index contributed by atoms with van der Waals surface area (Å²) in [5.41, 5.74) is 5.64. The second kappa shape index (κ2) is 3.75. The van der Waals surface area contributed by atoms with E-state index in [1.54, 1.807) is 0 Å². The molecule has 0 spiro atoms. The number of pyridine rings is 1. The van der Waals surface area contributed by atoms with E-state index >= 15 is 0 Å². The highest BCUT2D eigenvalue weighted by molar-refractivity contribution is 5.66. The van der Waals surface area contributed by atoms with Crippen LogP contribution in [0.5, 0.6) is 0 Å². The molecule has 1 heterocycles. The Morgan fingerprint density at radius 2 is 2.23 bits per heavy atom.